The van der Waals surface area contributed by atoms with E-state index in [1.807, 2.05) is 13.0 Å². The molecule has 1 aliphatic rings. The first-order chi connectivity index (χ1) is 12.5. The highest BCUT2D eigenvalue weighted by Crippen LogP contribution is 2.31. The smallest absolute Gasteiger partial charge is 0.356 e. The number of esters is 1. The fourth-order valence-electron chi connectivity index (χ4n) is 3.39. The molecule has 1 saturated heterocycles. The van der Waals surface area contributed by atoms with E-state index in [9.17, 15) is 9.59 Å². The minimum absolute atomic E-state index is 0.131. The van der Waals surface area contributed by atoms with E-state index in [0.717, 1.165) is 31.3 Å². The number of hydrogen-bond donors (Lipinski definition) is 2. The molecule has 1 aromatic carbocycles. The summed E-state index contributed by atoms with van der Waals surface area (Å²) < 4.78 is 10.1. The van der Waals surface area contributed by atoms with Crippen LogP contribution in [0, 0.1) is 0 Å². The van der Waals surface area contributed by atoms with Crippen LogP contribution < -0.4 is 10.1 Å². The van der Waals surface area contributed by atoms with Gasteiger partial charge in [-0.3, -0.25) is 9.69 Å². The average Bonchev–Trinajstić information content (AvgIpc) is 3.04. The Kier molecular flexibility index (Phi) is 5.46. The molecule has 0 radical (unpaired) electrons. The number of rotatable bonds is 5. The molecule has 0 aliphatic carbocycles. The highest BCUT2D eigenvalue weighted by Gasteiger charge is 2.26. The maximum Gasteiger partial charge on any atom is 0.356 e. The largest absolute Gasteiger partial charge is 0.497 e. The number of carbonyl (C=O) groups is 2. The van der Waals surface area contributed by atoms with Gasteiger partial charge in [0, 0.05) is 11.5 Å². The van der Waals surface area contributed by atoms with E-state index in [2.05, 4.69) is 15.2 Å². The molecule has 140 valence electrons. The van der Waals surface area contributed by atoms with Gasteiger partial charge in [0.05, 0.1) is 31.5 Å². The summed E-state index contributed by atoms with van der Waals surface area (Å²) in [5.74, 6) is 0.00425. The van der Waals surface area contributed by atoms with Gasteiger partial charge in [0.25, 0.3) is 0 Å². The van der Waals surface area contributed by atoms with E-state index in [1.54, 1.807) is 19.2 Å². The van der Waals surface area contributed by atoms with E-state index < -0.39 is 5.97 Å². The topological polar surface area (TPSA) is 83.7 Å². The molecule has 7 nitrogen and oxygen atoms in total. The first-order valence-corrected chi connectivity index (χ1v) is 8.88. The SMILES string of the molecule is COC(=O)c1[nH]c2cc(OC)ccc2c1NC(=O)[C@H](C)N1CCCCC1. The van der Waals surface area contributed by atoms with E-state index >= 15 is 0 Å². The van der Waals surface area contributed by atoms with Gasteiger partial charge in [-0.15, -0.1) is 0 Å². The second-order valence-electron chi connectivity index (χ2n) is 6.54. The predicted molar refractivity (Wildman–Crippen MR) is 99.7 cm³/mol. The summed E-state index contributed by atoms with van der Waals surface area (Å²) in [5, 5.41) is 3.67. The monoisotopic (exact) mass is 359 g/mol. The maximum absolute atomic E-state index is 12.8. The number of nitrogens with one attached hydrogen (secondary N) is 2. The Bertz CT molecular complexity index is 808. The highest BCUT2D eigenvalue weighted by atomic mass is 16.5. The fraction of sp³-hybridized carbons (Fsp3) is 0.474. The van der Waals surface area contributed by atoms with Crippen molar-refractivity contribution in [2.45, 2.75) is 32.2 Å². The molecule has 3 rings (SSSR count). The fourth-order valence-corrected chi connectivity index (χ4v) is 3.39. The number of aromatic nitrogens is 1. The number of piperidine rings is 1. The lowest BCUT2D eigenvalue weighted by molar-refractivity contribution is -0.121. The van der Waals surface area contributed by atoms with Crippen molar-refractivity contribution in [2.24, 2.45) is 0 Å². The molecule has 2 heterocycles. The summed E-state index contributed by atoms with van der Waals surface area (Å²) in [6, 6.07) is 5.13. The van der Waals surface area contributed by atoms with Gasteiger partial charge in [0.1, 0.15) is 11.4 Å². The number of carbonyl (C=O) groups excluding carboxylic acids is 2. The van der Waals surface area contributed by atoms with E-state index in [1.165, 1.54) is 13.5 Å². The Morgan fingerprint density at radius 1 is 1.19 bits per heavy atom. The second kappa shape index (κ2) is 7.78. The molecule has 1 aromatic heterocycles. The van der Waals surface area contributed by atoms with Crippen LogP contribution in [-0.2, 0) is 9.53 Å². The molecule has 1 aliphatic heterocycles. The van der Waals surface area contributed by atoms with Crippen LogP contribution >= 0.6 is 0 Å². The third-order valence-electron chi connectivity index (χ3n) is 4.96. The second-order valence-corrected chi connectivity index (χ2v) is 6.54. The van der Waals surface area contributed by atoms with Crippen molar-refractivity contribution in [1.29, 1.82) is 0 Å². The molecule has 1 atom stereocenters. The standard InChI is InChI=1S/C19H25N3O4/c1-12(22-9-5-4-6-10-22)18(23)21-16-14-8-7-13(25-2)11-15(14)20-17(16)19(24)26-3/h7-8,11-12,20H,4-6,9-10H2,1-3H3,(H,21,23)/t12-/m0/s1. The van der Waals surface area contributed by atoms with Gasteiger partial charge in [0.15, 0.2) is 0 Å². The minimum Gasteiger partial charge on any atom is -0.497 e. The number of hydrogen-bond acceptors (Lipinski definition) is 5. The molecule has 2 aromatic rings. The molecule has 1 fully saturated rings. The van der Waals surface area contributed by atoms with Crippen molar-refractivity contribution in [3.63, 3.8) is 0 Å². The van der Waals surface area contributed by atoms with Crippen LogP contribution in [0.1, 0.15) is 36.7 Å². The van der Waals surface area contributed by atoms with Gasteiger partial charge in [-0.2, -0.15) is 0 Å². The molecular formula is C19H25N3O4. The molecule has 0 spiro atoms. The molecule has 26 heavy (non-hydrogen) atoms. The molecule has 7 heteroatoms. The van der Waals surface area contributed by atoms with Gasteiger partial charge in [-0.05, 0) is 45.0 Å². The Morgan fingerprint density at radius 3 is 2.58 bits per heavy atom. The predicted octanol–water partition coefficient (Wildman–Crippen LogP) is 2.78. The van der Waals surface area contributed by atoms with Crippen molar-refractivity contribution in [1.82, 2.24) is 9.88 Å². The van der Waals surface area contributed by atoms with Crippen molar-refractivity contribution >= 4 is 28.5 Å². The van der Waals surface area contributed by atoms with Crippen LogP contribution in [0.2, 0.25) is 0 Å². The number of ether oxygens (including phenoxy) is 2. The number of H-pyrrole nitrogens is 1. The summed E-state index contributed by atoms with van der Waals surface area (Å²) in [6.45, 7) is 3.74. The molecule has 0 bridgehead atoms. The zero-order valence-corrected chi connectivity index (χ0v) is 15.4. The molecule has 0 saturated carbocycles. The zero-order valence-electron chi connectivity index (χ0n) is 15.4. The van der Waals surface area contributed by atoms with E-state index in [4.69, 9.17) is 9.47 Å². The van der Waals surface area contributed by atoms with Crippen molar-refractivity contribution in [3.8, 4) is 5.75 Å². The highest BCUT2D eigenvalue weighted by molar-refractivity contribution is 6.11. The molecule has 0 unspecified atom stereocenters. The number of aromatic amines is 1. The molecular weight excluding hydrogens is 334 g/mol. The van der Waals surface area contributed by atoms with Crippen LogP contribution in [0.4, 0.5) is 5.69 Å². The Morgan fingerprint density at radius 2 is 1.92 bits per heavy atom. The summed E-state index contributed by atoms with van der Waals surface area (Å²) in [5.41, 5.74) is 1.38. The Hall–Kier alpha value is -2.54. The van der Waals surface area contributed by atoms with Gasteiger partial charge >= 0.3 is 5.97 Å². The number of amides is 1. The number of anilines is 1. The minimum atomic E-state index is -0.527. The van der Waals surface area contributed by atoms with E-state index in [0.29, 0.717) is 17.0 Å². The summed E-state index contributed by atoms with van der Waals surface area (Å²) >= 11 is 0. The number of fused-ring (bicyclic) bond motifs is 1. The van der Waals surface area contributed by atoms with Crippen LogP contribution in [0.25, 0.3) is 10.9 Å². The van der Waals surface area contributed by atoms with Gasteiger partial charge < -0.3 is 19.8 Å². The average molecular weight is 359 g/mol. The van der Waals surface area contributed by atoms with Crippen LogP contribution in [0.3, 0.4) is 0 Å². The van der Waals surface area contributed by atoms with Gasteiger partial charge in [-0.25, -0.2) is 4.79 Å². The Balaban J connectivity index is 1.91. The number of methoxy groups -OCH3 is 2. The van der Waals surface area contributed by atoms with E-state index in [-0.39, 0.29) is 17.6 Å². The van der Waals surface area contributed by atoms with Crippen molar-refractivity contribution in [3.05, 3.63) is 23.9 Å². The Labute approximate surface area is 152 Å². The van der Waals surface area contributed by atoms with Gasteiger partial charge in [-0.1, -0.05) is 6.42 Å². The molecule has 2 N–H and O–H groups in total. The lowest BCUT2D eigenvalue weighted by Crippen LogP contribution is -2.44. The number of nitrogens with zero attached hydrogens (tertiary/aromatic N) is 1. The number of likely N-dealkylation sites (tertiary alicyclic amines) is 1. The van der Waals surface area contributed by atoms with Crippen LogP contribution in [-0.4, -0.2) is 55.1 Å². The summed E-state index contributed by atoms with van der Waals surface area (Å²) in [4.78, 5) is 30.2. The van der Waals surface area contributed by atoms with Crippen molar-refractivity contribution < 1.29 is 19.1 Å². The summed E-state index contributed by atoms with van der Waals surface area (Å²) in [6.07, 6.45) is 3.43. The third kappa shape index (κ3) is 3.53. The zero-order chi connectivity index (χ0) is 18.7. The first-order valence-electron chi connectivity index (χ1n) is 8.88. The normalized spacial score (nSPS) is 16.3. The van der Waals surface area contributed by atoms with Crippen LogP contribution in [0.5, 0.6) is 5.75 Å². The number of benzene rings is 1. The van der Waals surface area contributed by atoms with Gasteiger partial charge in [0.2, 0.25) is 5.91 Å². The third-order valence-corrected chi connectivity index (χ3v) is 4.96. The van der Waals surface area contributed by atoms with Crippen LogP contribution in [0.15, 0.2) is 18.2 Å². The first kappa shape index (κ1) is 18.3. The lowest BCUT2D eigenvalue weighted by atomic mass is 10.1. The maximum atomic E-state index is 12.8. The molecule has 1 amide bonds. The lowest BCUT2D eigenvalue weighted by Gasteiger charge is -2.31. The quantitative estimate of drug-likeness (QED) is 0.802. The summed E-state index contributed by atoms with van der Waals surface area (Å²) in [7, 11) is 2.89. The van der Waals surface area contributed by atoms with Crippen molar-refractivity contribution in [2.75, 3.05) is 32.6 Å².